The van der Waals surface area contributed by atoms with E-state index in [1.54, 1.807) is 43.0 Å². The van der Waals surface area contributed by atoms with Crippen molar-refractivity contribution in [2.45, 2.75) is 38.1 Å². The SMILES string of the molecule is COc1ccc(NC(=O)C(C)(C)N(Cc2ccc(C(F)(F)F)cc2)C(=O)CN2C[C@@H](c3ccccc3)NC2=S)cc1. The van der Waals surface area contributed by atoms with E-state index in [0.717, 1.165) is 17.7 Å². The number of halogens is 3. The van der Waals surface area contributed by atoms with Gasteiger partial charge in [0.25, 0.3) is 0 Å². The molecule has 2 amide bonds. The molecule has 3 aromatic rings. The normalized spacial score (nSPS) is 15.3. The van der Waals surface area contributed by atoms with Gasteiger partial charge < -0.3 is 25.2 Å². The number of hydrogen-bond acceptors (Lipinski definition) is 4. The van der Waals surface area contributed by atoms with Crippen LogP contribution in [-0.4, -0.2) is 52.5 Å². The Balaban J connectivity index is 1.56. The molecule has 1 heterocycles. The molecular weight excluding hydrogens is 553 g/mol. The summed E-state index contributed by atoms with van der Waals surface area (Å²) >= 11 is 5.50. The lowest BCUT2D eigenvalue weighted by Crippen LogP contribution is -2.57. The standard InChI is InChI=1S/C30H31F3N4O3S/c1-29(2,27(39)34-23-13-15-24(40-3)16-14-23)37(17-20-9-11-22(12-10-20)30(31,32)33)26(38)19-36-18-25(35-28(36)41)21-7-5-4-6-8-21/h4-16,25H,17-19H2,1-3H3,(H,34,39)(H,35,41)/t25-/m0/s1. The van der Waals surface area contributed by atoms with Crippen LogP contribution in [0.25, 0.3) is 0 Å². The van der Waals surface area contributed by atoms with Crippen LogP contribution in [-0.2, 0) is 22.3 Å². The molecule has 11 heteroatoms. The third-order valence-corrected chi connectivity index (χ3v) is 7.39. The first-order valence-corrected chi connectivity index (χ1v) is 13.3. The Bertz CT molecular complexity index is 1380. The Hall–Kier alpha value is -4.12. The van der Waals surface area contributed by atoms with Gasteiger partial charge >= 0.3 is 6.18 Å². The van der Waals surface area contributed by atoms with Gasteiger partial charge in [0.1, 0.15) is 11.3 Å². The summed E-state index contributed by atoms with van der Waals surface area (Å²) in [6, 6.07) is 20.9. The number of ether oxygens (including phenoxy) is 1. The number of alkyl halides is 3. The van der Waals surface area contributed by atoms with Crippen LogP contribution in [0.1, 0.15) is 36.6 Å². The summed E-state index contributed by atoms with van der Waals surface area (Å²) < 4.78 is 44.5. The number of carbonyl (C=O) groups is 2. The molecule has 1 aliphatic heterocycles. The van der Waals surface area contributed by atoms with Crippen molar-refractivity contribution in [3.63, 3.8) is 0 Å². The van der Waals surface area contributed by atoms with Crippen LogP contribution in [0.2, 0.25) is 0 Å². The molecule has 0 bridgehead atoms. The van der Waals surface area contributed by atoms with E-state index in [-0.39, 0.29) is 19.1 Å². The van der Waals surface area contributed by atoms with Gasteiger partial charge in [-0.1, -0.05) is 42.5 Å². The highest BCUT2D eigenvalue weighted by molar-refractivity contribution is 7.80. The molecule has 1 aliphatic rings. The van der Waals surface area contributed by atoms with Crippen molar-refractivity contribution in [2.75, 3.05) is 25.5 Å². The third kappa shape index (κ3) is 7.15. The fourth-order valence-electron chi connectivity index (χ4n) is 4.51. The van der Waals surface area contributed by atoms with Gasteiger partial charge in [0, 0.05) is 18.8 Å². The Morgan fingerprint density at radius 2 is 1.66 bits per heavy atom. The Morgan fingerprint density at radius 1 is 1.02 bits per heavy atom. The fraction of sp³-hybridized carbons (Fsp3) is 0.300. The lowest BCUT2D eigenvalue weighted by Gasteiger charge is -2.38. The van der Waals surface area contributed by atoms with Crippen LogP contribution in [0.5, 0.6) is 5.75 Å². The van der Waals surface area contributed by atoms with E-state index < -0.39 is 29.1 Å². The van der Waals surface area contributed by atoms with Crippen molar-refractivity contribution in [1.82, 2.24) is 15.1 Å². The molecule has 4 rings (SSSR count). The maximum atomic E-state index is 13.8. The number of anilines is 1. The van der Waals surface area contributed by atoms with Crippen molar-refractivity contribution in [1.29, 1.82) is 0 Å². The van der Waals surface area contributed by atoms with Crippen LogP contribution >= 0.6 is 12.2 Å². The molecule has 0 spiro atoms. The van der Waals surface area contributed by atoms with Gasteiger partial charge in [-0.2, -0.15) is 13.2 Å². The number of thiocarbonyl (C=S) groups is 1. The second kappa shape index (κ2) is 12.2. The minimum absolute atomic E-state index is 0.0872. The van der Waals surface area contributed by atoms with E-state index in [2.05, 4.69) is 10.6 Å². The Kier molecular flexibility index (Phi) is 8.86. The molecule has 216 valence electrons. The lowest BCUT2D eigenvalue weighted by atomic mass is 9.99. The van der Waals surface area contributed by atoms with Crippen LogP contribution in [0, 0.1) is 0 Å². The summed E-state index contributed by atoms with van der Waals surface area (Å²) in [5.74, 6) is -0.254. The van der Waals surface area contributed by atoms with Gasteiger partial charge in [0.2, 0.25) is 11.8 Å². The minimum Gasteiger partial charge on any atom is -0.497 e. The predicted octanol–water partition coefficient (Wildman–Crippen LogP) is 5.39. The molecule has 0 radical (unpaired) electrons. The summed E-state index contributed by atoms with van der Waals surface area (Å²) in [4.78, 5) is 30.4. The molecule has 1 fully saturated rings. The molecule has 1 atom stereocenters. The first kappa shape index (κ1) is 29.9. The highest BCUT2D eigenvalue weighted by Gasteiger charge is 2.40. The van der Waals surface area contributed by atoms with E-state index in [9.17, 15) is 22.8 Å². The van der Waals surface area contributed by atoms with Crippen LogP contribution in [0.3, 0.4) is 0 Å². The van der Waals surface area contributed by atoms with Crippen LogP contribution in [0.4, 0.5) is 18.9 Å². The lowest BCUT2D eigenvalue weighted by molar-refractivity contribution is -0.144. The molecule has 0 saturated carbocycles. The Morgan fingerprint density at radius 3 is 2.24 bits per heavy atom. The molecule has 0 aromatic heterocycles. The fourth-order valence-corrected chi connectivity index (χ4v) is 4.79. The number of carbonyl (C=O) groups excluding carboxylic acids is 2. The molecular formula is C30H31F3N4O3S. The maximum Gasteiger partial charge on any atom is 0.416 e. The number of benzene rings is 3. The van der Waals surface area contributed by atoms with Crippen molar-refractivity contribution in [2.24, 2.45) is 0 Å². The zero-order chi connectivity index (χ0) is 29.8. The second-order valence-electron chi connectivity index (χ2n) is 10.2. The average Bonchev–Trinajstić information content (AvgIpc) is 3.31. The number of amides is 2. The largest absolute Gasteiger partial charge is 0.497 e. The van der Waals surface area contributed by atoms with E-state index in [1.807, 2.05) is 30.3 Å². The molecule has 7 nitrogen and oxygen atoms in total. The number of nitrogens with zero attached hydrogens (tertiary/aromatic N) is 2. The molecule has 41 heavy (non-hydrogen) atoms. The monoisotopic (exact) mass is 584 g/mol. The quantitative estimate of drug-likeness (QED) is 0.329. The summed E-state index contributed by atoms with van der Waals surface area (Å²) in [5.41, 5.74) is -0.211. The number of rotatable bonds is 9. The van der Waals surface area contributed by atoms with Crippen molar-refractivity contribution in [3.8, 4) is 5.75 Å². The minimum atomic E-state index is -4.49. The molecule has 0 unspecified atom stereocenters. The van der Waals surface area contributed by atoms with E-state index >= 15 is 0 Å². The van der Waals surface area contributed by atoms with Gasteiger partial charge in [0.05, 0.1) is 25.3 Å². The van der Waals surface area contributed by atoms with Crippen LogP contribution in [0.15, 0.2) is 78.9 Å². The van der Waals surface area contributed by atoms with Crippen LogP contribution < -0.4 is 15.4 Å². The molecule has 0 aliphatic carbocycles. The first-order chi connectivity index (χ1) is 19.4. The predicted molar refractivity (Wildman–Crippen MR) is 154 cm³/mol. The molecule has 3 aromatic carbocycles. The number of hydrogen-bond donors (Lipinski definition) is 2. The van der Waals surface area contributed by atoms with E-state index in [1.165, 1.54) is 24.1 Å². The Labute approximate surface area is 242 Å². The van der Waals surface area contributed by atoms with Crippen molar-refractivity contribution >= 4 is 34.8 Å². The molecule has 1 saturated heterocycles. The topological polar surface area (TPSA) is 73.9 Å². The van der Waals surface area contributed by atoms with Gasteiger partial charge in [0.15, 0.2) is 5.11 Å². The second-order valence-corrected chi connectivity index (χ2v) is 10.6. The van der Waals surface area contributed by atoms with Crippen molar-refractivity contribution in [3.05, 3.63) is 95.6 Å². The number of nitrogens with one attached hydrogen (secondary N) is 2. The van der Waals surface area contributed by atoms with Crippen molar-refractivity contribution < 1.29 is 27.5 Å². The van der Waals surface area contributed by atoms with E-state index in [4.69, 9.17) is 17.0 Å². The summed E-state index contributed by atoms with van der Waals surface area (Å²) in [6.45, 7) is 3.44. The highest BCUT2D eigenvalue weighted by atomic mass is 32.1. The van der Waals surface area contributed by atoms with E-state index in [0.29, 0.717) is 28.7 Å². The first-order valence-electron chi connectivity index (χ1n) is 12.9. The zero-order valence-electron chi connectivity index (χ0n) is 22.9. The van der Waals surface area contributed by atoms with Gasteiger partial charge in [-0.25, -0.2) is 0 Å². The molecule has 2 N–H and O–H groups in total. The van der Waals surface area contributed by atoms with Gasteiger partial charge in [-0.15, -0.1) is 0 Å². The average molecular weight is 585 g/mol. The maximum absolute atomic E-state index is 13.8. The third-order valence-electron chi connectivity index (χ3n) is 7.02. The summed E-state index contributed by atoms with van der Waals surface area (Å²) in [7, 11) is 1.53. The highest BCUT2D eigenvalue weighted by Crippen LogP contribution is 2.30. The number of methoxy groups -OCH3 is 1. The van der Waals surface area contributed by atoms with Gasteiger partial charge in [-0.3, -0.25) is 9.59 Å². The van der Waals surface area contributed by atoms with Gasteiger partial charge in [-0.05, 0) is 73.6 Å². The zero-order valence-corrected chi connectivity index (χ0v) is 23.7. The summed E-state index contributed by atoms with van der Waals surface area (Å²) in [6.07, 6.45) is -4.49. The smallest absolute Gasteiger partial charge is 0.416 e. The summed E-state index contributed by atoms with van der Waals surface area (Å²) in [5, 5.41) is 6.46.